The molecule has 62 valence electrons. The highest BCUT2D eigenvalue weighted by molar-refractivity contribution is 9.10. The molecule has 2 aromatic rings. The van der Waals surface area contributed by atoms with Gasteiger partial charge in [0.05, 0.1) is 0 Å². The van der Waals surface area contributed by atoms with Gasteiger partial charge < -0.3 is 4.42 Å². The summed E-state index contributed by atoms with van der Waals surface area (Å²) in [6, 6.07) is 2.09. The first kappa shape index (κ1) is 8.01. The minimum Gasteiger partial charge on any atom is -0.439 e. The monoisotopic (exact) mass is 243 g/mol. The fourth-order valence-electron chi connectivity index (χ4n) is 0.962. The Morgan fingerprint density at radius 1 is 1.58 bits per heavy atom. The summed E-state index contributed by atoms with van der Waals surface area (Å²) in [5.41, 5.74) is 2.00. The molecule has 0 fully saturated rings. The van der Waals surface area contributed by atoms with Gasteiger partial charge in [0.15, 0.2) is 0 Å². The van der Waals surface area contributed by atoms with Crippen molar-refractivity contribution in [2.24, 2.45) is 0 Å². The van der Waals surface area contributed by atoms with E-state index in [1.54, 1.807) is 17.6 Å². The van der Waals surface area contributed by atoms with Crippen LogP contribution in [0.1, 0.15) is 4.88 Å². The Morgan fingerprint density at radius 2 is 2.42 bits per heavy atom. The van der Waals surface area contributed by atoms with Crippen LogP contribution in [-0.4, -0.2) is 4.98 Å². The summed E-state index contributed by atoms with van der Waals surface area (Å²) < 4.78 is 5.04. The van der Waals surface area contributed by atoms with Crippen molar-refractivity contribution in [1.82, 2.24) is 4.98 Å². The Bertz CT molecular complexity index is 355. The van der Waals surface area contributed by atoms with Crippen LogP contribution in [0.5, 0.6) is 0 Å². The summed E-state index contributed by atoms with van der Waals surface area (Å²) in [5.74, 6) is 0. The molecule has 2 aromatic heterocycles. The molecule has 0 aliphatic carbocycles. The van der Waals surface area contributed by atoms with E-state index in [4.69, 9.17) is 4.42 Å². The lowest BCUT2D eigenvalue weighted by Gasteiger charge is -1.83. The lowest BCUT2D eigenvalue weighted by atomic mass is 10.2. The zero-order valence-electron chi connectivity index (χ0n) is 6.37. The molecule has 0 saturated carbocycles. The average Bonchev–Trinajstić information content (AvgIpc) is 2.58. The van der Waals surface area contributed by atoms with Gasteiger partial charge in [0.2, 0.25) is 0 Å². The van der Waals surface area contributed by atoms with Gasteiger partial charge in [0.25, 0.3) is 4.80 Å². The number of hydrogen-bond donors (Lipinski definition) is 0. The van der Waals surface area contributed by atoms with Crippen molar-refractivity contribution in [2.75, 3.05) is 0 Å². The Morgan fingerprint density at radius 3 is 2.92 bits per heavy atom. The normalized spacial score (nSPS) is 10.5. The molecule has 0 saturated heterocycles. The van der Waals surface area contributed by atoms with E-state index in [9.17, 15) is 0 Å². The van der Waals surface area contributed by atoms with Gasteiger partial charge in [-0.15, -0.1) is 11.3 Å². The molecule has 0 unspecified atom stereocenters. The molecule has 0 radical (unpaired) electrons. The molecule has 0 atom stereocenters. The van der Waals surface area contributed by atoms with E-state index in [1.807, 2.05) is 0 Å². The number of hydrogen-bond acceptors (Lipinski definition) is 3. The van der Waals surface area contributed by atoms with Crippen LogP contribution in [-0.2, 0) is 0 Å². The quantitative estimate of drug-likeness (QED) is 0.767. The van der Waals surface area contributed by atoms with Gasteiger partial charge in [-0.1, -0.05) is 0 Å². The standard InChI is InChI=1S/C8H6BrNOS/c1-5-2-6(4-12-5)7-3-11-8(9)10-7/h2-4H,1H3. The fourth-order valence-corrected chi connectivity index (χ4v) is 1.94. The van der Waals surface area contributed by atoms with Crippen LogP contribution in [0.2, 0.25) is 0 Å². The Kier molecular flexibility index (Phi) is 2.02. The van der Waals surface area contributed by atoms with Gasteiger partial charge >= 0.3 is 0 Å². The summed E-state index contributed by atoms with van der Waals surface area (Å²) in [7, 11) is 0. The predicted molar refractivity (Wildman–Crippen MR) is 52.3 cm³/mol. The summed E-state index contributed by atoms with van der Waals surface area (Å²) in [6.45, 7) is 2.07. The minimum absolute atomic E-state index is 0.529. The third-order valence-electron chi connectivity index (χ3n) is 1.50. The zero-order chi connectivity index (χ0) is 8.55. The van der Waals surface area contributed by atoms with E-state index in [1.165, 1.54) is 4.88 Å². The van der Waals surface area contributed by atoms with Crippen LogP contribution in [0.15, 0.2) is 26.9 Å². The van der Waals surface area contributed by atoms with E-state index in [2.05, 4.69) is 39.3 Å². The van der Waals surface area contributed by atoms with Crippen molar-refractivity contribution >= 4 is 27.3 Å². The molecule has 2 nitrogen and oxygen atoms in total. The summed E-state index contributed by atoms with van der Waals surface area (Å²) in [6.07, 6.45) is 1.64. The molecule has 12 heavy (non-hydrogen) atoms. The fraction of sp³-hybridized carbons (Fsp3) is 0.125. The Labute approximate surface area is 82.4 Å². The first-order valence-corrected chi connectivity index (χ1v) is 5.09. The highest BCUT2D eigenvalue weighted by atomic mass is 79.9. The third kappa shape index (κ3) is 1.44. The van der Waals surface area contributed by atoms with Gasteiger partial charge in [-0.2, -0.15) is 0 Å². The smallest absolute Gasteiger partial charge is 0.264 e. The number of oxazole rings is 1. The van der Waals surface area contributed by atoms with Crippen molar-refractivity contribution in [1.29, 1.82) is 0 Å². The van der Waals surface area contributed by atoms with Gasteiger partial charge in [-0.05, 0) is 13.0 Å². The number of thiophene rings is 1. The molecule has 0 aromatic carbocycles. The second kappa shape index (κ2) is 3.03. The van der Waals surface area contributed by atoms with Crippen LogP contribution in [0.4, 0.5) is 0 Å². The molecule has 0 aliphatic heterocycles. The Balaban J connectivity index is 2.43. The second-order valence-corrected chi connectivity index (χ2v) is 4.23. The van der Waals surface area contributed by atoms with Crippen LogP contribution >= 0.6 is 27.3 Å². The molecule has 2 rings (SSSR count). The molecular weight excluding hydrogens is 238 g/mol. The Hall–Kier alpha value is -0.610. The molecule has 2 heterocycles. The average molecular weight is 244 g/mol. The molecule has 0 bridgehead atoms. The molecule has 0 N–H and O–H groups in total. The molecule has 0 aliphatic rings. The topological polar surface area (TPSA) is 26.0 Å². The van der Waals surface area contributed by atoms with E-state index < -0.39 is 0 Å². The van der Waals surface area contributed by atoms with Gasteiger partial charge in [0, 0.05) is 31.8 Å². The van der Waals surface area contributed by atoms with Crippen LogP contribution in [0.25, 0.3) is 11.3 Å². The van der Waals surface area contributed by atoms with Crippen molar-refractivity contribution < 1.29 is 4.42 Å². The predicted octanol–water partition coefficient (Wildman–Crippen LogP) is 3.47. The first-order chi connectivity index (χ1) is 5.75. The molecular formula is C8H6BrNOS. The van der Waals surface area contributed by atoms with E-state index in [-0.39, 0.29) is 0 Å². The van der Waals surface area contributed by atoms with E-state index in [0.717, 1.165) is 11.3 Å². The van der Waals surface area contributed by atoms with Gasteiger partial charge in [-0.3, -0.25) is 0 Å². The van der Waals surface area contributed by atoms with Crippen LogP contribution in [0, 0.1) is 6.92 Å². The number of halogens is 1. The lowest BCUT2D eigenvalue weighted by molar-refractivity contribution is 0.529. The molecule has 0 spiro atoms. The second-order valence-electron chi connectivity index (χ2n) is 2.43. The highest BCUT2D eigenvalue weighted by Crippen LogP contribution is 2.25. The van der Waals surface area contributed by atoms with Gasteiger partial charge in [0.1, 0.15) is 12.0 Å². The maximum atomic E-state index is 5.04. The maximum Gasteiger partial charge on any atom is 0.264 e. The lowest BCUT2D eigenvalue weighted by Crippen LogP contribution is -1.70. The van der Waals surface area contributed by atoms with Crippen molar-refractivity contribution in [2.45, 2.75) is 6.92 Å². The van der Waals surface area contributed by atoms with Crippen LogP contribution < -0.4 is 0 Å². The summed E-state index contributed by atoms with van der Waals surface area (Å²) in [5, 5.41) is 2.07. The maximum absolute atomic E-state index is 5.04. The molecule has 4 heteroatoms. The van der Waals surface area contributed by atoms with Crippen molar-refractivity contribution in [3.05, 3.63) is 27.4 Å². The summed E-state index contributed by atoms with van der Waals surface area (Å²) in [4.78, 5) is 5.96. The largest absolute Gasteiger partial charge is 0.439 e. The SMILES string of the molecule is Cc1cc(-c2coc(Br)n2)cs1. The van der Waals surface area contributed by atoms with Crippen molar-refractivity contribution in [3.63, 3.8) is 0 Å². The van der Waals surface area contributed by atoms with Gasteiger partial charge in [-0.25, -0.2) is 4.98 Å². The summed E-state index contributed by atoms with van der Waals surface area (Å²) >= 11 is 4.87. The molecule has 0 amide bonds. The van der Waals surface area contributed by atoms with E-state index in [0.29, 0.717) is 4.80 Å². The minimum atomic E-state index is 0.529. The first-order valence-electron chi connectivity index (χ1n) is 3.42. The third-order valence-corrected chi connectivity index (χ3v) is 2.73. The number of nitrogens with zero attached hydrogens (tertiary/aromatic N) is 1. The number of aromatic nitrogens is 1. The van der Waals surface area contributed by atoms with Crippen molar-refractivity contribution in [3.8, 4) is 11.3 Å². The van der Waals surface area contributed by atoms with Crippen LogP contribution in [0.3, 0.4) is 0 Å². The number of rotatable bonds is 1. The zero-order valence-corrected chi connectivity index (χ0v) is 8.78. The highest BCUT2D eigenvalue weighted by Gasteiger charge is 2.04. The van der Waals surface area contributed by atoms with E-state index >= 15 is 0 Å². The number of aryl methyl sites for hydroxylation is 1.